The second-order valence-corrected chi connectivity index (χ2v) is 3.49. The molecule has 0 amide bonds. The number of ketones is 2. The summed E-state index contributed by atoms with van der Waals surface area (Å²) in [5, 5.41) is 0. The van der Waals surface area contributed by atoms with Crippen molar-refractivity contribution in [1.29, 1.82) is 0 Å². The summed E-state index contributed by atoms with van der Waals surface area (Å²) in [7, 11) is 1.54. The number of Topliss-reactive ketones (excluding diaryl/α,β-unsaturated/α-hetero) is 2. The van der Waals surface area contributed by atoms with Gasteiger partial charge in [0.25, 0.3) is 0 Å². The first-order chi connectivity index (χ1) is 6.74. The molecule has 14 heavy (non-hydrogen) atoms. The van der Waals surface area contributed by atoms with E-state index in [9.17, 15) is 9.59 Å². The minimum Gasteiger partial charge on any atom is -0.384 e. The molecule has 1 rings (SSSR count). The van der Waals surface area contributed by atoms with E-state index in [1.165, 1.54) is 0 Å². The Morgan fingerprint density at radius 1 is 1.50 bits per heavy atom. The molecule has 1 fully saturated rings. The SMILES string of the molecule is COCCC(=O)CC(=O)C1CCOC1. The van der Waals surface area contributed by atoms with Gasteiger partial charge >= 0.3 is 0 Å². The van der Waals surface area contributed by atoms with Crippen molar-refractivity contribution < 1.29 is 19.1 Å². The molecule has 0 aromatic carbocycles. The minimum absolute atomic E-state index is 0.0172. The Hall–Kier alpha value is -0.740. The predicted octanol–water partition coefficient (Wildman–Crippen LogP) is 0.588. The van der Waals surface area contributed by atoms with Crippen LogP contribution in [0.5, 0.6) is 0 Å². The maximum atomic E-state index is 11.5. The Kier molecular flexibility index (Phi) is 4.76. The number of rotatable bonds is 6. The zero-order valence-electron chi connectivity index (χ0n) is 8.45. The Morgan fingerprint density at radius 2 is 2.29 bits per heavy atom. The third kappa shape index (κ3) is 3.55. The van der Waals surface area contributed by atoms with E-state index >= 15 is 0 Å². The van der Waals surface area contributed by atoms with Crippen molar-refractivity contribution in [2.24, 2.45) is 5.92 Å². The second kappa shape index (κ2) is 5.88. The van der Waals surface area contributed by atoms with Gasteiger partial charge in [-0.3, -0.25) is 9.59 Å². The van der Waals surface area contributed by atoms with Crippen LogP contribution in [0.4, 0.5) is 0 Å². The highest BCUT2D eigenvalue weighted by atomic mass is 16.5. The number of methoxy groups -OCH3 is 1. The van der Waals surface area contributed by atoms with Crippen LogP contribution in [-0.2, 0) is 19.1 Å². The van der Waals surface area contributed by atoms with Gasteiger partial charge in [0.1, 0.15) is 11.6 Å². The van der Waals surface area contributed by atoms with E-state index in [0.29, 0.717) is 26.2 Å². The van der Waals surface area contributed by atoms with Crippen LogP contribution in [0.2, 0.25) is 0 Å². The summed E-state index contributed by atoms with van der Waals surface area (Å²) >= 11 is 0. The third-order valence-electron chi connectivity index (χ3n) is 2.34. The first kappa shape index (κ1) is 11.3. The molecule has 80 valence electrons. The van der Waals surface area contributed by atoms with E-state index in [1.807, 2.05) is 0 Å². The van der Waals surface area contributed by atoms with E-state index in [1.54, 1.807) is 7.11 Å². The molecule has 1 heterocycles. The van der Waals surface area contributed by atoms with Crippen LogP contribution in [0.1, 0.15) is 19.3 Å². The van der Waals surface area contributed by atoms with E-state index in [-0.39, 0.29) is 23.9 Å². The van der Waals surface area contributed by atoms with Gasteiger partial charge in [-0.25, -0.2) is 0 Å². The largest absolute Gasteiger partial charge is 0.384 e. The second-order valence-electron chi connectivity index (χ2n) is 3.49. The van der Waals surface area contributed by atoms with Gasteiger partial charge < -0.3 is 9.47 Å². The number of hydrogen-bond donors (Lipinski definition) is 0. The van der Waals surface area contributed by atoms with Crippen LogP contribution in [0.3, 0.4) is 0 Å². The topological polar surface area (TPSA) is 52.6 Å². The lowest BCUT2D eigenvalue weighted by Gasteiger charge is -2.05. The van der Waals surface area contributed by atoms with Gasteiger partial charge in [-0.05, 0) is 6.42 Å². The fourth-order valence-electron chi connectivity index (χ4n) is 1.43. The zero-order valence-corrected chi connectivity index (χ0v) is 8.45. The molecular weight excluding hydrogens is 184 g/mol. The molecular formula is C10H16O4. The van der Waals surface area contributed by atoms with Gasteiger partial charge in [0.2, 0.25) is 0 Å². The molecule has 0 bridgehead atoms. The maximum absolute atomic E-state index is 11.5. The van der Waals surface area contributed by atoms with Gasteiger partial charge in [-0.1, -0.05) is 0 Å². The molecule has 0 aliphatic carbocycles. The highest BCUT2D eigenvalue weighted by Gasteiger charge is 2.24. The van der Waals surface area contributed by atoms with E-state index in [0.717, 1.165) is 6.42 Å². The minimum atomic E-state index is -0.0542. The average molecular weight is 200 g/mol. The monoisotopic (exact) mass is 200 g/mol. The fourth-order valence-corrected chi connectivity index (χ4v) is 1.43. The van der Waals surface area contributed by atoms with Crippen molar-refractivity contribution in [2.45, 2.75) is 19.3 Å². The highest BCUT2D eigenvalue weighted by molar-refractivity contribution is 6.00. The number of carbonyl (C=O) groups is 2. The molecule has 0 spiro atoms. The molecule has 1 aliphatic rings. The number of hydrogen-bond acceptors (Lipinski definition) is 4. The molecule has 0 aromatic rings. The van der Waals surface area contributed by atoms with Crippen LogP contribution >= 0.6 is 0 Å². The van der Waals surface area contributed by atoms with Gasteiger partial charge in [0.05, 0.1) is 19.6 Å². The molecule has 1 unspecified atom stereocenters. The maximum Gasteiger partial charge on any atom is 0.145 e. The summed E-state index contributed by atoms with van der Waals surface area (Å²) in [6.45, 7) is 1.52. The lowest BCUT2D eigenvalue weighted by atomic mass is 9.98. The van der Waals surface area contributed by atoms with Crippen LogP contribution in [-0.4, -0.2) is 38.5 Å². The predicted molar refractivity (Wildman–Crippen MR) is 50.1 cm³/mol. The first-order valence-corrected chi connectivity index (χ1v) is 4.85. The van der Waals surface area contributed by atoms with Gasteiger partial charge in [0.15, 0.2) is 0 Å². The molecule has 0 saturated carbocycles. The summed E-state index contributed by atoms with van der Waals surface area (Å²) in [6.07, 6.45) is 1.13. The van der Waals surface area contributed by atoms with Crippen molar-refractivity contribution in [2.75, 3.05) is 26.9 Å². The number of ether oxygens (including phenoxy) is 2. The molecule has 0 aromatic heterocycles. The van der Waals surface area contributed by atoms with Crippen molar-refractivity contribution >= 4 is 11.6 Å². The normalized spacial score (nSPS) is 21.1. The number of carbonyl (C=O) groups excluding carboxylic acids is 2. The lowest BCUT2D eigenvalue weighted by Crippen LogP contribution is -2.18. The van der Waals surface area contributed by atoms with Crippen molar-refractivity contribution in [3.05, 3.63) is 0 Å². The summed E-state index contributed by atoms with van der Waals surface area (Å²) in [5.41, 5.74) is 0. The fraction of sp³-hybridized carbons (Fsp3) is 0.800. The summed E-state index contributed by atoms with van der Waals surface area (Å²) in [5.74, 6) is -0.0751. The third-order valence-corrected chi connectivity index (χ3v) is 2.34. The molecule has 0 radical (unpaired) electrons. The Labute approximate surface area is 83.6 Å². The standard InChI is InChI=1S/C10H16O4/c1-13-4-3-9(11)6-10(12)8-2-5-14-7-8/h8H,2-7H2,1H3. The van der Waals surface area contributed by atoms with E-state index in [2.05, 4.69) is 0 Å². The van der Waals surface area contributed by atoms with Crippen LogP contribution < -0.4 is 0 Å². The van der Waals surface area contributed by atoms with Crippen molar-refractivity contribution in [3.8, 4) is 0 Å². The Balaban J connectivity index is 2.21. The summed E-state index contributed by atoms with van der Waals surface area (Å²) < 4.78 is 9.85. The molecule has 0 N–H and O–H groups in total. The average Bonchev–Trinajstić information content (AvgIpc) is 2.67. The van der Waals surface area contributed by atoms with Gasteiger partial charge in [-0.15, -0.1) is 0 Å². The van der Waals surface area contributed by atoms with Gasteiger partial charge in [-0.2, -0.15) is 0 Å². The van der Waals surface area contributed by atoms with E-state index < -0.39 is 0 Å². The molecule has 1 aliphatic heterocycles. The van der Waals surface area contributed by atoms with E-state index in [4.69, 9.17) is 9.47 Å². The van der Waals surface area contributed by atoms with Crippen LogP contribution in [0, 0.1) is 5.92 Å². The van der Waals surface area contributed by atoms with Gasteiger partial charge in [0, 0.05) is 26.1 Å². The summed E-state index contributed by atoms with van der Waals surface area (Å²) in [4.78, 5) is 22.7. The van der Waals surface area contributed by atoms with Crippen LogP contribution in [0.15, 0.2) is 0 Å². The highest BCUT2D eigenvalue weighted by Crippen LogP contribution is 2.15. The molecule has 1 atom stereocenters. The zero-order chi connectivity index (χ0) is 10.4. The smallest absolute Gasteiger partial charge is 0.145 e. The Morgan fingerprint density at radius 3 is 2.86 bits per heavy atom. The molecule has 1 saturated heterocycles. The van der Waals surface area contributed by atoms with Crippen LogP contribution in [0.25, 0.3) is 0 Å². The first-order valence-electron chi connectivity index (χ1n) is 4.85. The quantitative estimate of drug-likeness (QED) is 0.589. The molecule has 4 nitrogen and oxygen atoms in total. The van der Waals surface area contributed by atoms with Crippen molar-refractivity contribution in [1.82, 2.24) is 0 Å². The lowest BCUT2D eigenvalue weighted by molar-refractivity contribution is -0.129. The summed E-state index contributed by atoms with van der Waals surface area (Å²) in [6, 6.07) is 0. The molecule has 4 heteroatoms. The van der Waals surface area contributed by atoms with Crippen molar-refractivity contribution in [3.63, 3.8) is 0 Å². The Bertz CT molecular complexity index is 206.